The topological polar surface area (TPSA) is 41.5 Å². The molecule has 0 amide bonds. The first-order valence-electron chi connectivity index (χ1n) is 11.0. The first kappa shape index (κ1) is 31.1. The molecule has 0 saturated carbocycles. The van der Waals surface area contributed by atoms with Crippen LogP contribution in [0, 0.1) is 5.82 Å². The predicted molar refractivity (Wildman–Crippen MR) is 116 cm³/mol. The smallest absolute Gasteiger partial charge is 0.457 e. The van der Waals surface area contributed by atoms with E-state index in [1.54, 1.807) is 0 Å². The van der Waals surface area contributed by atoms with Crippen LogP contribution < -0.4 is 10.1 Å². The van der Waals surface area contributed by atoms with Crippen molar-refractivity contribution in [2.45, 2.75) is 36.6 Å². The van der Waals surface area contributed by atoms with Gasteiger partial charge < -0.3 is 15.2 Å². The molecule has 0 bridgehead atoms. The molecule has 40 heavy (non-hydrogen) atoms. The summed E-state index contributed by atoms with van der Waals surface area (Å²) < 4.78 is 164. The molecule has 218 valence electrons. The van der Waals surface area contributed by atoms with E-state index in [1.807, 2.05) is 0 Å². The zero-order chi connectivity index (χ0) is 30.1. The molecular weight excluding hydrogens is 574 g/mol. The summed E-state index contributed by atoms with van der Waals surface area (Å²) in [4.78, 5) is 0. The number of halogens is 12. The Hall–Kier alpha value is -3.46. The third kappa shape index (κ3) is 7.18. The Balaban J connectivity index is 2.01. The average Bonchev–Trinajstić information content (AvgIpc) is 2.83. The van der Waals surface area contributed by atoms with Gasteiger partial charge in [0.05, 0.1) is 11.6 Å². The molecule has 15 heteroatoms. The van der Waals surface area contributed by atoms with Gasteiger partial charge in [-0.2, -0.15) is 48.3 Å². The van der Waals surface area contributed by atoms with Crippen LogP contribution in [0.3, 0.4) is 0 Å². The molecule has 2 atom stereocenters. The first-order valence-corrected chi connectivity index (χ1v) is 11.0. The summed E-state index contributed by atoms with van der Waals surface area (Å²) >= 11 is 0. The molecule has 3 rings (SSSR count). The molecule has 0 radical (unpaired) electrons. The molecular formula is C25H17F12NO2. The van der Waals surface area contributed by atoms with Crippen LogP contribution in [0.15, 0.2) is 66.7 Å². The van der Waals surface area contributed by atoms with Crippen LogP contribution in [0.25, 0.3) is 0 Å². The molecule has 0 unspecified atom stereocenters. The molecule has 2 N–H and O–H groups in total. The van der Waals surface area contributed by atoms with Gasteiger partial charge in [-0.15, -0.1) is 0 Å². The highest BCUT2D eigenvalue weighted by Crippen LogP contribution is 2.45. The first-order chi connectivity index (χ1) is 18.3. The summed E-state index contributed by atoms with van der Waals surface area (Å²) in [5.74, 6) is -7.29. The second-order valence-corrected chi connectivity index (χ2v) is 8.41. The van der Waals surface area contributed by atoms with Crippen molar-refractivity contribution in [3.63, 3.8) is 0 Å². The Morgan fingerprint density at radius 3 is 1.90 bits per heavy atom. The fourth-order valence-corrected chi connectivity index (χ4v) is 3.51. The number of aliphatic hydroxyl groups excluding tert-OH is 1. The Kier molecular flexibility index (Phi) is 8.70. The normalized spacial score (nSPS) is 14.6. The lowest BCUT2D eigenvalue weighted by Gasteiger charge is -2.24. The lowest BCUT2D eigenvalue weighted by Crippen LogP contribution is -2.40. The van der Waals surface area contributed by atoms with E-state index in [0.717, 1.165) is 30.3 Å². The van der Waals surface area contributed by atoms with Crippen molar-refractivity contribution >= 4 is 0 Å². The van der Waals surface area contributed by atoms with Crippen molar-refractivity contribution in [1.29, 1.82) is 0 Å². The summed E-state index contributed by atoms with van der Waals surface area (Å²) in [6.45, 7) is -1.27. The van der Waals surface area contributed by atoms with E-state index < -0.39 is 71.4 Å². The summed E-state index contributed by atoms with van der Waals surface area (Å²) in [6.07, 6.45) is -19.0. The van der Waals surface area contributed by atoms with Crippen molar-refractivity contribution in [1.82, 2.24) is 5.32 Å². The van der Waals surface area contributed by atoms with Gasteiger partial charge in [0.1, 0.15) is 17.3 Å². The van der Waals surface area contributed by atoms with Crippen molar-refractivity contribution in [3.8, 4) is 11.5 Å². The summed E-state index contributed by atoms with van der Waals surface area (Å²) in [5, 5.41) is 11.5. The van der Waals surface area contributed by atoms with Gasteiger partial charge >= 0.3 is 24.5 Å². The quantitative estimate of drug-likeness (QED) is 0.262. The van der Waals surface area contributed by atoms with E-state index in [0.29, 0.717) is 30.3 Å². The molecule has 0 saturated heterocycles. The van der Waals surface area contributed by atoms with Crippen LogP contribution in [0.1, 0.15) is 28.3 Å². The molecule has 0 fully saturated rings. The van der Waals surface area contributed by atoms with Gasteiger partial charge in [0.25, 0.3) is 0 Å². The Morgan fingerprint density at radius 1 is 0.725 bits per heavy atom. The lowest BCUT2D eigenvalue weighted by molar-refractivity contribution is -0.289. The average molecular weight is 591 g/mol. The summed E-state index contributed by atoms with van der Waals surface area (Å²) in [6, 6.07) is 6.68. The maximum absolute atomic E-state index is 14.7. The number of alkyl halides is 11. The maximum Gasteiger partial charge on any atom is 0.458 e. The van der Waals surface area contributed by atoms with Gasteiger partial charge in [0, 0.05) is 17.7 Å². The highest BCUT2D eigenvalue weighted by molar-refractivity contribution is 5.42. The number of benzene rings is 3. The van der Waals surface area contributed by atoms with Crippen LogP contribution in [0.5, 0.6) is 11.5 Å². The SMILES string of the molecule is O[C@H](CN[C@H](c1cccc(Oc2cccc(C(F)(F)C(F)(F)F)c2)c1)c1cc(C(F)(F)F)ccc1F)C(F)(F)F. The van der Waals surface area contributed by atoms with E-state index in [-0.39, 0.29) is 11.3 Å². The van der Waals surface area contributed by atoms with Crippen molar-refractivity contribution < 1.29 is 62.5 Å². The second-order valence-electron chi connectivity index (χ2n) is 8.41. The van der Waals surface area contributed by atoms with Crippen LogP contribution in [-0.2, 0) is 12.1 Å². The molecule has 0 heterocycles. The van der Waals surface area contributed by atoms with E-state index in [1.165, 1.54) is 6.07 Å². The minimum Gasteiger partial charge on any atom is -0.457 e. The molecule has 3 aromatic rings. The van der Waals surface area contributed by atoms with Crippen LogP contribution in [-0.4, -0.2) is 30.1 Å². The van der Waals surface area contributed by atoms with Crippen LogP contribution in [0.4, 0.5) is 52.7 Å². The number of ether oxygens (including phenoxy) is 1. The van der Waals surface area contributed by atoms with E-state index >= 15 is 0 Å². The van der Waals surface area contributed by atoms with Gasteiger partial charge in [-0.05, 0) is 48.0 Å². The maximum atomic E-state index is 14.7. The van der Waals surface area contributed by atoms with Crippen molar-refractivity contribution in [3.05, 3.63) is 94.8 Å². The van der Waals surface area contributed by atoms with E-state index in [9.17, 15) is 57.8 Å². The zero-order valence-electron chi connectivity index (χ0n) is 19.6. The highest BCUT2D eigenvalue weighted by Gasteiger charge is 2.58. The zero-order valence-corrected chi connectivity index (χ0v) is 19.6. The van der Waals surface area contributed by atoms with Gasteiger partial charge in [-0.3, -0.25) is 0 Å². The van der Waals surface area contributed by atoms with Gasteiger partial charge in [0.15, 0.2) is 6.10 Å². The Bertz CT molecular complexity index is 1320. The molecule has 3 aromatic carbocycles. The van der Waals surface area contributed by atoms with E-state index in [4.69, 9.17) is 4.74 Å². The van der Waals surface area contributed by atoms with Gasteiger partial charge in [0.2, 0.25) is 0 Å². The minimum atomic E-state index is -5.92. The highest BCUT2D eigenvalue weighted by atomic mass is 19.4. The number of aliphatic hydroxyl groups is 1. The van der Waals surface area contributed by atoms with Crippen molar-refractivity contribution in [2.75, 3.05) is 6.54 Å². The summed E-state index contributed by atoms with van der Waals surface area (Å²) in [5.41, 5.74) is -3.74. The van der Waals surface area contributed by atoms with Gasteiger partial charge in [-0.1, -0.05) is 24.3 Å². The largest absolute Gasteiger partial charge is 0.458 e. The number of hydrogen-bond acceptors (Lipinski definition) is 3. The third-order valence-corrected chi connectivity index (χ3v) is 5.51. The molecule has 0 aliphatic heterocycles. The minimum absolute atomic E-state index is 0.193. The molecule has 0 aliphatic rings. The monoisotopic (exact) mass is 591 g/mol. The van der Waals surface area contributed by atoms with Gasteiger partial charge in [-0.25, -0.2) is 4.39 Å². The number of rotatable bonds is 8. The number of nitrogens with one attached hydrogen (secondary N) is 1. The number of hydrogen-bond donors (Lipinski definition) is 2. The van der Waals surface area contributed by atoms with Crippen LogP contribution in [0.2, 0.25) is 0 Å². The molecule has 0 aliphatic carbocycles. The molecule has 0 spiro atoms. The van der Waals surface area contributed by atoms with Crippen LogP contribution >= 0.6 is 0 Å². The second kappa shape index (κ2) is 11.2. The molecule has 0 aromatic heterocycles. The standard InChI is InChI=1S/C25H17F12NO2/c26-19-8-7-15(23(29,30)31)11-18(19)21(38-12-20(39)24(32,33)34)13-3-1-5-16(9-13)40-17-6-2-4-14(10-17)22(27,28)25(35,36)37/h1-11,20-21,38-39H,12H2/t20-,21-/m1/s1. The van der Waals surface area contributed by atoms with Crippen molar-refractivity contribution in [2.24, 2.45) is 0 Å². The summed E-state index contributed by atoms with van der Waals surface area (Å²) in [7, 11) is 0. The molecule has 3 nitrogen and oxygen atoms in total. The fourth-order valence-electron chi connectivity index (χ4n) is 3.51. The third-order valence-electron chi connectivity index (χ3n) is 5.51. The Labute approximate surface area is 218 Å². The fraction of sp³-hybridized carbons (Fsp3) is 0.280. The Morgan fingerprint density at radius 2 is 1.32 bits per heavy atom. The van der Waals surface area contributed by atoms with E-state index in [2.05, 4.69) is 5.32 Å². The predicted octanol–water partition coefficient (Wildman–Crippen LogP) is 7.89. The lowest BCUT2D eigenvalue weighted by atomic mass is 9.95.